The molecular formula is C19H23NO2S. The van der Waals surface area contributed by atoms with E-state index in [0.29, 0.717) is 17.6 Å². The molecule has 4 heteroatoms. The van der Waals surface area contributed by atoms with Crippen molar-refractivity contribution in [2.24, 2.45) is 5.92 Å². The second-order valence-corrected chi connectivity index (χ2v) is 6.97. The maximum Gasteiger partial charge on any atom is 0.287 e. The maximum atomic E-state index is 12.1. The van der Waals surface area contributed by atoms with Crippen molar-refractivity contribution in [1.82, 2.24) is 5.32 Å². The molecule has 0 radical (unpaired) electrons. The molecule has 0 bridgehead atoms. The Balaban J connectivity index is 1.45. The van der Waals surface area contributed by atoms with Gasteiger partial charge in [0.2, 0.25) is 0 Å². The third kappa shape index (κ3) is 4.20. The van der Waals surface area contributed by atoms with Gasteiger partial charge in [-0.15, -0.1) is 0 Å². The normalized spacial score (nSPS) is 21.1. The van der Waals surface area contributed by atoms with Crippen molar-refractivity contribution in [1.29, 1.82) is 0 Å². The molecule has 1 aromatic heterocycles. The van der Waals surface area contributed by atoms with Gasteiger partial charge in [-0.25, -0.2) is 0 Å². The van der Waals surface area contributed by atoms with Crippen LogP contribution in [0.25, 0.3) is 0 Å². The number of benzene rings is 1. The molecule has 1 aromatic carbocycles. The van der Waals surface area contributed by atoms with Crippen molar-refractivity contribution in [3.05, 3.63) is 53.8 Å². The van der Waals surface area contributed by atoms with Crippen LogP contribution in [0.2, 0.25) is 0 Å². The standard InChI is InChI=1S/C19H23NO2S/c1-23-18-12-11-17(22-18)19(21)20-13-14-7-9-16(10-8-14)15-5-3-2-4-6-15/h2-6,11-12,14,16H,7-10,13H2,1H3,(H,20,21). The van der Waals surface area contributed by atoms with E-state index in [4.69, 9.17) is 4.42 Å². The Morgan fingerprint density at radius 3 is 2.52 bits per heavy atom. The third-order valence-electron chi connectivity index (χ3n) is 4.68. The highest BCUT2D eigenvalue weighted by Crippen LogP contribution is 2.35. The van der Waals surface area contributed by atoms with Gasteiger partial charge in [0.05, 0.1) is 0 Å². The van der Waals surface area contributed by atoms with E-state index >= 15 is 0 Å². The molecule has 1 amide bonds. The summed E-state index contributed by atoms with van der Waals surface area (Å²) in [5.74, 6) is 1.56. The molecule has 122 valence electrons. The molecule has 1 aliphatic carbocycles. The quantitative estimate of drug-likeness (QED) is 0.808. The van der Waals surface area contributed by atoms with E-state index in [9.17, 15) is 4.79 Å². The van der Waals surface area contributed by atoms with Gasteiger partial charge in [0, 0.05) is 6.54 Å². The summed E-state index contributed by atoms with van der Waals surface area (Å²) >= 11 is 1.50. The largest absolute Gasteiger partial charge is 0.445 e. The van der Waals surface area contributed by atoms with Gasteiger partial charge < -0.3 is 9.73 Å². The summed E-state index contributed by atoms with van der Waals surface area (Å²) in [4.78, 5) is 12.1. The first-order valence-corrected chi connectivity index (χ1v) is 9.45. The van der Waals surface area contributed by atoms with E-state index in [-0.39, 0.29) is 5.91 Å². The number of furan rings is 1. The van der Waals surface area contributed by atoms with Crippen LogP contribution < -0.4 is 5.32 Å². The molecule has 1 saturated carbocycles. The fourth-order valence-electron chi connectivity index (χ4n) is 3.30. The Labute approximate surface area is 141 Å². The molecule has 0 spiro atoms. The van der Waals surface area contributed by atoms with Gasteiger partial charge in [-0.3, -0.25) is 4.79 Å². The van der Waals surface area contributed by atoms with Crippen molar-refractivity contribution in [3.8, 4) is 0 Å². The lowest BCUT2D eigenvalue weighted by Crippen LogP contribution is -2.30. The van der Waals surface area contributed by atoms with Crippen LogP contribution in [-0.2, 0) is 0 Å². The summed E-state index contributed by atoms with van der Waals surface area (Å²) in [6.45, 7) is 0.746. The van der Waals surface area contributed by atoms with E-state index in [1.165, 1.54) is 43.0 Å². The van der Waals surface area contributed by atoms with Crippen molar-refractivity contribution < 1.29 is 9.21 Å². The summed E-state index contributed by atoms with van der Waals surface area (Å²) in [5, 5.41) is 3.80. The lowest BCUT2D eigenvalue weighted by Gasteiger charge is -2.28. The summed E-state index contributed by atoms with van der Waals surface area (Å²) < 4.78 is 5.46. The zero-order valence-electron chi connectivity index (χ0n) is 13.5. The van der Waals surface area contributed by atoms with Crippen LogP contribution in [-0.4, -0.2) is 18.7 Å². The van der Waals surface area contributed by atoms with Crippen LogP contribution in [0, 0.1) is 5.92 Å². The van der Waals surface area contributed by atoms with Crippen LogP contribution in [0.5, 0.6) is 0 Å². The number of hydrogen-bond acceptors (Lipinski definition) is 3. The first kappa shape index (κ1) is 16.2. The molecule has 0 aliphatic heterocycles. The van der Waals surface area contributed by atoms with Crippen LogP contribution in [0.3, 0.4) is 0 Å². The minimum absolute atomic E-state index is 0.101. The summed E-state index contributed by atoms with van der Waals surface area (Å²) in [7, 11) is 0. The molecule has 0 unspecified atom stereocenters. The highest BCUT2D eigenvalue weighted by molar-refractivity contribution is 7.98. The summed E-state index contributed by atoms with van der Waals surface area (Å²) in [6, 6.07) is 14.3. The molecule has 0 saturated heterocycles. The van der Waals surface area contributed by atoms with Gasteiger partial charge in [0.1, 0.15) is 0 Å². The number of carbonyl (C=O) groups excluding carboxylic acids is 1. The molecule has 3 nitrogen and oxygen atoms in total. The van der Waals surface area contributed by atoms with Crippen LogP contribution in [0.15, 0.2) is 52.0 Å². The van der Waals surface area contributed by atoms with E-state index < -0.39 is 0 Å². The number of rotatable bonds is 5. The highest BCUT2D eigenvalue weighted by atomic mass is 32.2. The fraction of sp³-hybridized carbons (Fsp3) is 0.421. The average molecular weight is 329 g/mol. The van der Waals surface area contributed by atoms with Crippen molar-refractivity contribution in [2.45, 2.75) is 36.7 Å². The Morgan fingerprint density at radius 2 is 1.87 bits per heavy atom. The molecule has 1 N–H and O–H groups in total. The number of nitrogens with one attached hydrogen (secondary N) is 1. The number of amides is 1. The van der Waals surface area contributed by atoms with E-state index in [1.807, 2.05) is 12.3 Å². The number of thioether (sulfide) groups is 1. The molecule has 0 atom stereocenters. The van der Waals surface area contributed by atoms with Gasteiger partial charge in [0.25, 0.3) is 5.91 Å². The van der Waals surface area contributed by atoms with Crippen LogP contribution in [0.4, 0.5) is 0 Å². The third-order valence-corrected chi connectivity index (χ3v) is 5.30. The molecule has 1 heterocycles. The molecule has 1 aliphatic rings. The van der Waals surface area contributed by atoms with E-state index in [1.54, 1.807) is 6.07 Å². The Bertz CT molecular complexity index is 630. The van der Waals surface area contributed by atoms with Gasteiger partial charge in [-0.1, -0.05) is 42.1 Å². The number of carbonyl (C=O) groups is 1. The van der Waals surface area contributed by atoms with E-state index in [2.05, 4.69) is 35.6 Å². The van der Waals surface area contributed by atoms with Crippen LogP contribution in [0.1, 0.15) is 47.7 Å². The van der Waals surface area contributed by atoms with Crippen molar-refractivity contribution >= 4 is 17.7 Å². The smallest absolute Gasteiger partial charge is 0.287 e. The Morgan fingerprint density at radius 1 is 1.13 bits per heavy atom. The lowest BCUT2D eigenvalue weighted by molar-refractivity contribution is 0.0910. The first-order valence-electron chi connectivity index (χ1n) is 8.23. The van der Waals surface area contributed by atoms with Crippen molar-refractivity contribution in [2.75, 3.05) is 12.8 Å². The van der Waals surface area contributed by atoms with Crippen LogP contribution >= 0.6 is 11.8 Å². The fourth-order valence-corrected chi connectivity index (χ4v) is 3.68. The minimum atomic E-state index is -0.101. The molecular weight excluding hydrogens is 306 g/mol. The maximum absolute atomic E-state index is 12.1. The minimum Gasteiger partial charge on any atom is -0.445 e. The Hall–Kier alpha value is -1.68. The van der Waals surface area contributed by atoms with Gasteiger partial charge in [-0.05, 0) is 61.5 Å². The van der Waals surface area contributed by atoms with Gasteiger partial charge in [-0.2, -0.15) is 0 Å². The first-order chi connectivity index (χ1) is 11.3. The second kappa shape index (κ2) is 7.73. The highest BCUT2D eigenvalue weighted by Gasteiger charge is 2.23. The predicted molar refractivity (Wildman–Crippen MR) is 94.0 cm³/mol. The summed E-state index contributed by atoms with van der Waals surface area (Å²) in [6.07, 6.45) is 6.71. The van der Waals surface area contributed by atoms with E-state index in [0.717, 1.165) is 11.6 Å². The Kier molecular flexibility index (Phi) is 5.44. The van der Waals surface area contributed by atoms with Crippen molar-refractivity contribution in [3.63, 3.8) is 0 Å². The SMILES string of the molecule is CSc1ccc(C(=O)NCC2CCC(c3ccccc3)CC2)o1. The molecule has 23 heavy (non-hydrogen) atoms. The zero-order chi connectivity index (χ0) is 16.1. The monoisotopic (exact) mass is 329 g/mol. The lowest BCUT2D eigenvalue weighted by atomic mass is 9.79. The molecule has 3 rings (SSSR count). The second-order valence-electron chi connectivity index (χ2n) is 6.16. The zero-order valence-corrected chi connectivity index (χ0v) is 14.3. The predicted octanol–water partition coefficient (Wildman–Crippen LogP) is 4.71. The topological polar surface area (TPSA) is 42.2 Å². The molecule has 1 fully saturated rings. The summed E-state index contributed by atoms with van der Waals surface area (Å²) in [5.41, 5.74) is 1.45. The van der Waals surface area contributed by atoms with Gasteiger partial charge >= 0.3 is 0 Å². The van der Waals surface area contributed by atoms with Gasteiger partial charge in [0.15, 0.2) is 10.9 Å². The molecule has 2 aromatic rings. The number of hydrogen-bond donors (Lipinski definition) is 1. The average Bonchev–Trinajstić information content (AvgIpc) is 3.10.